The summed E-state index contributed by atoms with van der Waals surface area (Å²) < 4.78 is 0. The predicted molar refractivity (Wildman–Crippen MR) is 130 cm³/mol. The molecule has 4 fully saturated rings. The first kappa shape index (κ1) is 23.6. The Morgan fingerprint density at radius 1 is 1.09 bits per heavy atom. The first-order valence-corrected chi connectivity index (χ1v) is 13.1. The predicted octanol–water partition coefficient (Wildman–Crippen LogP) is 3.31. The summed E-state index contributed by atoms with van der Waals surface area (Å²) in [4.78, 5) is 31.1. The number of carbonyl (C=O) groups is 2. The average molecular weight is 470 g/mol. The molecular weight excluding hydrogens is 430 g/mol. The lowest BCUT2D eigenvalue weighted by molar-refractivity contribution is -0.141. The van der Waals surface area contributed by atoms with Crippen LogP contribution in [0.15, 0.2) is 18.2 Å². The number of piperidine rings is 1. The van der Waals surface area contributed by atoms with E-state index < -0.39 is 11.0 Å². The van der Waals surface area contributed by atoms with Gasteiger partial charge in [-0.1, -0.05) is 6.07 Å². The molecule has 1 aromatic carbocycles. The number of imide groups is 1. The van der Waals surface area contributed by atoms with Crippen molar-refractivity contribution < 1.29 is 19.8 Å². The Morgan fingerprint density at radius 2 is 1.79 bits per heavy atom. The topological polar surface area (TPSA) is 93.1 Å². The van der Waals surface area contributed by atoms with Gasteiger partial charge in [0.15, 0.2) is 0 Å². The van der Waals surface area contributed by atoms with E-state index in [1.165, 1.54) is 4.90 Å². The van der Waals surface area contributed by atoms with Gasteiger partial charge in [0.1, 0.15) is 5.75 Å². The van der Waals surface area contributed by atoms with Gasteiger partial charge in [-0.2, -0.15) is 0 Å². The molecule has 0 spiro atoms. The fraction of sp³-hybridized carbons (Fsp3) is 0.704. The van der Waals surface area contributed by atoms with Crippen LogP contribution in [0.1, 0.15) is 69.4 Å². The lowest BCUT2D eigenvalue weighted by Gasteiger charge is -2.55. The van der Waals surface area contributed by atoms with E-state index in [0.717, 1.165) is 36.8 Å². The van der Waals surface area contributed by atoms with Crippen LogP contribution in [0.5, 0.6) is 5.75 Å². The van der Waals surface area contributed by atoms with E-state index in [-0.39, 0.29) is 30.2 Å². The molecule has 4 aliphatic rings. The van der Waals surface area contributed by atoms with Gasteiger partial charge in [-0.05, 0) is 100 Å². The highest BCUT2D eigenvalue weighted by atomic mass is 16.3. The Hall–Kier alpha value is -2.12. The molecule has 7 heteroatoms. The molecule has 2 aliphatic heterocycles. The minimum atomic E-state index is -1.18. The SMILES string of the molecule is Cc1ccc(O)cc1[C@]12CCN[C@H](C)[C@]1(O)CCCN(CC1CC1)C(=O)N(CC1CC1)C(=O)C2. The lowest BCUT2D eigenvalue weighted by Crippen LogP contribution is -2.68. The van der Waals surface area contributed by atoms with Gasteiger partial charge in [-0.15, -0.1) is 0 Å². The Kier molecular flexibility index (Phi) is 6.13. The molecule has 34 heavy (non-hydrogen) atoms. The standard InChI is InChI=1S/C27H39N3O4/c1-18-4-9-22(31)14-23(18)26-11-12-28-19(2)27(26,34)10-3-13-29(16-20-5-6-20)25(33)30(24(32)15-26)17-21-7-8-21/h4,9,14,19-21,28,31,34H,3,5-8,10-13,15-17H2,1-2H3/t19-,26-,27-/m1/s1. The zero-order chi connectivity index (χ0) is 24.1. The smallest absolute Gasteiger partial charge is 0.326 e. The molecule has 3 atom stereocenters. The van der Waals surface area contributed by atoms with E-state index in [1.807, 2.05) is 24.8 Å². The van der Waals surface area contributed by atoms with Crippen molar-refractivity contribution in [2.24, 2.45) is 11.8 Å². The van der Waals surface area contributed by atoms with Gasteiger partial charge in [0.25, 0.3) is 0 Å². The highest BCUT2D eigenvalue weighted by Gasteiger charge is 2.58. The summed E-state index contributed by atoms with van der Waals surface area (Å²) in [6, 6.07) is 4.86. The van der Waals surface area contributed by atoms with E-state index in [9.17, 15) is 19.8 Å². The molecule has 5 rings (SSSR count). The summed E-state index contributed by atoms with van der Waals surface area (Å²) in [5, 5.41) is 26.3. The molecule has 0 radical (unpaired) electrons. The number of hydrogen-bond acceptors (Lipinski definition) is 5. The summed E-state index contributed by atoms with van der Waals surface area (Å²) in [6.07, 6.45) is 6.20. The second kappa shape index (κ2) is 8.83. The Balaban J connectivity index is 1.59. The fourth-order valence-electron chi connectivity index (χ4n) is 6.37. The molecular formula is C27H39N3O4. The molecule has 3 N–H and O–H groups in total. The second-order valence-electron chi connectivity index (χ2n) is 11.3. The number of aliphatic hydroxyl groups is 1. The molecule has 0 unspecified atom stereocenters. The van der Waals surface area contributed by atoms with Crippen LogP contribution in [0.3, 0.4) is 0 Å². The zero-order valence-corrected chi connectivity index (χ0v) is 20.6. The number of aryl methyl sites for hydroxylation is 1. The second-order valence-corrected chi connectivity index (χ2v) is 11.3. The van der Waals surface area contributed by atoms with Crippen molar-refractivity contribution in [2.45, 2.75) is 82.3 Å². The van der Waals surface area contributed by atoms with Gasteiger partial charge in [-0.3, -0.25) is 9.69 Å². The normalized spacial score (nSPS) is 33.1. The van der Waals surface area contributed by atoms with Crippen LogP contribution in [-0.4, -0.2) is 69.8 Å². The number of amides is 3. The molecule has 3 amide bonds. The number of hydrogen-bond donors (Lipinski definition) is 3. The Morgan fingerprint density at radius 3 is 2.50 bits per heavy atom. The van der Waals surface area contributed by atoms with Crippen LogP contribution < -0.4 is 5.32 Å². The van der Waals surface area contributed by atoms with Crippen molar-refractivity contribution in [3.05, 3.63) is 29.3 Å². The number of rotatable bonds is 5. The van der Waals surface area contributed by atoms with E-state index >= 15 is 0 Å². The largest absolute Gasteiger partial charge is 0.508 e. The average Bonchev–Trinajstić information content (AvgIpc) is 3.71. The summed E-state index contributed by atoms with van der Waals surface area (Å²) in [5.74, 6) is 0.865. The maximum Gasteiger partial charge on any atom is 0.326 e. The number of phenols is 1. The third-order valence-corrected chi connectivity index (χ3v) is 8.84. The molecule has 7 nitrogen and oxygen atoms in total. The molecule has 0 aromatic heterocycles. The van der Waals surface area contributed by atoms with E-state index in [0.29, 0.717) is 57.3 Å². The summed E-state index contributed by atoms with van der Waals surface area (Å²) in [7, 11) is 0. The van der Waals surface area contributed by atoms with Gasteiger partial charge < -0.3 is 20.4 Å². The van der Waals surface area contributed by atoms with Crippen LogP contribution in [0.4, 0.5) is 4.79 Å². The number of fused-ring (bicyclic) bond motifs is 1. The maximum atomic E-state index is 14.0. The van der Waals surface area contributed by atoms with Crippen LogP contribution in [-0.2, 0) is 10.2 Å². The van der Waals surface area contributed by atoms with Crippen molar-refractivity contribution >= 4 is 11.9 Å². The van der Waals surface area contributed by atoms with Gasteiger partial charge in [-0.25, -0.2) is 4.79 Å². The van der Waals surface area contributed by atoms with Crippen molar-refractivity contribution in [2.75, 3.05) is 26.2 Å². The molecule has 0 bridgehead atoms. The fourth-order valence-corrected chi connectivity index (χ4v) is 6.37. The van der Waals surface area contributed by atoms with Crippen LogP contribution >= 0.6 is 0 Å². The zero-order valence-electron chi connectivity index (χ0n) is 20.6. The molecule has 2 aliphatic carbocycles. The molecule has 1 aromatic rings. The third-order valence-electron chi connectivity index (χ3n) is 8.84. The lowest BCUT2D eigenvalue weighted by atomic mass is 9.56. The quantitative estimate of drug-likeness (QED) is 0.615. The minimum Gasteiger partial charge on any atom is -0.508 e. The number of aromatic hydroxyl groups is 1. The molecule has 2 saturated carbocycles. The van der Waals surface area contributed by atoms with Crippen LogP contribution in [0.25, 0.3) is 0 Å². The number of urea groups is 1. The number of benzene rings is 1. The van der Waals surface area contributed by atoms with Crippen molar-refractivity contribution in [1.29, 1.82) is 0 Å². The maximum absolute atomic E-state index is 14.0. The number of nitrogens with zero attached hydrogens (tertiary/aromatic N) is 2. The first-order valence-electron chi connectivity index (χ1n) is 13.1. The van der Waals surface area contributed by atoms with Crippen LogP contribution in [0, 0.1) is 18.8 Å². The van der Waals surface area contributed by atoms with Gasteiger partial charge in [0.05, 0.1) is 5.60 Å². The Bertz CT molecular complexity index is 959. The minimum absolute atomic E-state index is 0.0650. The monoisotopic (exact) mass is 469 g/mol. The number of carbonyl (C=O) groups excluding carboxylic acids is 2. The van der Waals surface area contributed by atoms with Crippen molar-refractivity contribution in [1.82, 2.24) is 15.1 Å². The molecule has 186 valence electrons. The van der Waals surface area contributed by atoms with Crippen LogP contribution in [0.2, 0.25) is 0 Å². The molecule has 2 heterocycles. The summed E-state index contributed by atoms with van der Waals surface area (Å²) >= 11 is 0. The van der Waals surface area contributed by atoms with Gasteiger partial charge >= 0.3 is 6.03 Å². The third kappa shape index (κ3) is 4.22. The highest BCUT2D eigenvalue weighted by molar-refractivity contribution is 5.95. The van der Waals surface area contributed by atoms with Gasteiger partial charge in [0, 0.05) is 37.5 Å². The van der Waals surface area contributed by atoms with Crippen molar-refractivity contribution in [3.8, 4) is 5.75 Å². The highest BCUT2D eigenvalue weighted by Crippen LogP contribution is 2.50. The van der Waals surface area contributed by atoms with E-state index in [1.54, 1.807) is 12.1 Å². The summed E-state index contributed by atoms with van der Waals surface area (Å²) in [6.45, 7) is 6.36. The summed E-state index contributed by atoms with van der Waals surface area (Å²) in [5.41, 5.74) is -0.286. The van der Waals surface area contributed by atoms with Gasteiger partial charge in [0.2, 0.25) is 5.91 Å². The first-order chi connectivity index (χ1) is 16.2. The number of nitrogens with one attached hydrogen (secondary N) is 1. The number of phenolic OH excluding ortho intramolecular Hbond substituents is 1. The Labute approximate surface area is 202 Å². The van der Waals surface area contributed by atoms with Crippen molar-refractivity contribution in [3.63, 3.8) is 0 Å². The molecule has 2 saturated heterocycles. The van der Waals surface area contributed by atoms with E-state index in [2.05, 4.69) is 5.32 Å². The van der Waals surface area contributed by atoms with E-state index in [4.69, 9.17) is 0 Å².